The van der Waals surface area contributed by atoms with Gasteiger partial charge in [0.2, 0.25) is 5.79 Å². The van der Waals surface area contributed by atoms with Crippen LogP contribution in [0.3, 0.4) is 0 Å². The predicted molar refractivity (Wildman–Crippen MR) is 177 cm³/mol. The van der Waals surface area contributed by atoms with E-state index in [0.717, 1.165) is 61.0 Å². The lowest BCUT2D eigenvalue weighted by molar-refractivity contribution is -0.353. The Balaban J connectivity index is 1.80. The fourth-order valence-electron chi connectivity index (χ4n) is 6.06. The van der Waals surface area contributed by atoms with Gasteiger partial charge in [-0.15, -0.1) is 5.92 Å². The molecule has 2 aromatic rings. The van der Waals surface area contributed by atoms with Crippen molar-refractivity contribution in [3.63, 3.8) is 0 Å². The molecule has 1 N–H and O–H groups in total. The maximum absolute atomic E-state index is 11.6. The zero-order chi connectivity index (χ0) is 32.3. The molecule has 0 spiro atoms. The highest BCUT2D eigenvalue weighted by Gasteiger charge is 2.71. The molecule has 6 atom stereocenters. The highest BCUT2D eigenvalue weighted by Crippen LogP contribution is 2.54. The van der Waals surface area contributed by atoms with Crippen molar-refractivity contribution in [3.8, 4) is 17.6 Å². The minimum atomic E-state index is -1.37. The summed E-state index contributed by atoms with van der Waals surface area (Å²) in [4.78, 5) is 0. The molecule has 2 aliphatic rings. The zero-order valence-corrected chi connectivity index (χ0v) is 28.4. The van der Waals surface area contributed by atoms with Gasteiger partial charge in [0.15, 0.2) is 5.60 Å². The highest BCUT2D eigenvalue weighted by molar-refractivity contribution is 6.31. The first-order chi connectivity index (χ1) is 21.9. The van der Waals surface area contributed by atoms with Gasteiger partial charge in [0, 0.05) is 30.4 Å². The van der Waals surface area contributed by atoms with Crippen LogP contribution >= 0.6 is 11.6 Å². The smallest absolute Gasteiger partial charge is 0.225 e. The van der Waals surface area contributed by atoms with Crippen molar-refractivity contribution >= 4 is 11.6 Å². The van der Waals surface area contributed by atoms with Crippen LogP contribution in [0.4, 0.5) is 0 Å². The van der Waals surface area contributed by atoms with Crippen LogP contribution in [0, 0.1) is 11.8 Å². The quantitative estimate of drug-likeness (QED) is 0.136. The number of ether oxygens (including phenoxy) is 6. The fraction of sp³-hybridized carbons (Fsp3) is 0.622. The van der Waals surface area contributed by atoms with Crippen molar-refractivity contribution < 1.29 is 33.5 Å². The highest BCUT2D eigenvalue weighted by atomic mass is 35.5. The van der Waals surface area contributed by atoms with Crippen LogP contribution in [0.1, 0.15) is 89.8 Å². The minimum Gasteiger partial charge on any atom is -0.494 e. The Labute approximate surface area is 274 Å². The average Bonchev–Trinajstić information content (AvgIpc) is 3.41. The van der Waals surface area contributed by atoms with Gasteiger partial charge >= 0.3 is 0 Å². The molecule has 7 nitrogen and oxygen atoms in total. The number of aliphatic hydroxyl groups is 1. The maximum atomic E-state index is 11.6. The van der Waals surface area contributed by atoms with E-state index >= 15 is 0 Å². The van der Waals surface area contributed by atoms with Crippen molar-refractivity contribution in [2.45, 2.75) is 115 Å². The number of halogens is 1. The lowest BCUT2D eigenvalue weighted by Crippen LogP contribution is -2.69. The van der Waals surface area contributed by atoms with Crippen LogP contribution in [0.2, 0.25) is 5.02 Å². The van der Waals surface area contributed by atoms with Crippen LogP contribution in [-0.4, -0.2) is 68.2 Å². The Morgan fingerprint density at radius 2 is 1.56 bits per heavy atom. The van der Waals surface area contributed by atoms with Gasteiger partial charge in [0.25, 0.3) is 0 Å². The van der Waals surface area contributed by atoms with Crippen LogP contribution < -0.4 is 4.74 Å². The van der Waals surface area contributed by atoms with Crippen molar-refractivity contribution in [1.29, 1.82) is 0 Å². The van der Waals surface area contributed by atoms with E-state index < -0.39 is 35.8 Å². The summed E-state index contributed by atoms with van der Waals surface area (Å²) >= 11 is 6.79. The van der Waals surface area contributed by atoms with Gasteiger partial charge in [-0.25, -0.2) is 0 Å². The molecule has 1 unspecified atom stereocenters. The fourth-order valence-corrected chi connectivity index (χ4v) is 6.24. The van der Waals surface area contributed by atoms with E-state index in [4.69, 9.17) is 40.0 Å². The van der Waals surface area contributed by atoms with Crippen molar-refractivity contribution in [2.24, 2.45) is 0 Å². The van der Waals surface area contributed by atoms with E-state index in [-0.39, 0.29) is 6.61 Å². The van der Waals surface area contributed by atoms with E-state index in [2.05, 4.69) is 32.6 Å². The second-order valence-corrected chi connectivity index (χ2v) is 12.3. The molecule has 2 saturated heterocycles. The summed E-state index contributed by atoms with van der Waals surface area (Å²) in [5.41, 5.74) is 1.48. The summed E-state index contributed by atoms with van der Waals surface area (Å²) in [5.74, 6) is 5.27. The summed E-state index contributed by atoms with van der Waals surface area (Å²) in [6, 6.07) is 13.9. The molecule has 0 amide bonds. The third-order valence-electron chi connectivity index (χ3n) is 8.53. The summed E-state index contributed by atoms with van der Waals surface area (Å²) in [5, 5.41) is 12.2. The topological polar surface area (TPSA) is 75.6 Å². The molecule has 2 aliphatic heterocycles. The minimum absolute atomic E-state index is 0.0672. The van der Waals surface area contributed by atoms with Gasteiger partial charge in [0.1, 0.15) is 30.2 Å². The van der Waals surface area contributed by atoms with Crippen molar-refractivity contribution in [1.82, 2.24) is 0 Å². The lowest BCUT2D eigenvalue weighted by Gasteiger charge is -2.51. The normalized spacial score (nSPS) is 26.3. The Kier molecular flexibility index (Phi) is 13.6. The first-order valence-corrected chi connectivity index (χ1v) is 17.1. The second-order valence-electron chi connectivity index (χ2n) is 11.8. The SMILES string of the molecule is CC#CC(O)[C@@]12CO[C@@](c3ccc(Cl)c(Cc4ccc(OCC)cc4)c3)(O1)[C@H](OCCCC)[C@@H](OCCCC)[C@@H]2OCCCC. The van der Waals surface area contributed by atoms with E-state index in [1.165, 1.54) is 0 Å². The molecule has 4 rings (SSSR count). The Morgan fingerprint density at radius 3 is 2.18 bits per heavy atom. The average molecular weight is 643 g/mol. The number of unbranched alkanes of at least 4 members (excludes halogenated alkanes) is 3. The Morgan fingerprint density at radius 1 is 0.911 bits per heavy atom. The van der Waals surface area contributed by atoms with Gasteiger partial charge in [-0.1, -0.05) is 75.8 Å². The molecular weight excluding hydrogens is 592 g/mol. The van der Waals surface area contributed by atoms with Crippen molar-refractivity contribution in [2.75, 3.05) is 33.0 Å². The lowest BCUT2D eigenvalue weighted by atomic mass is 9.80. The van der Waals surface area contributed by atoms with Crippen LogP contribution in [-0.2, 0) is 35.9 Å². The van der Waals surface area contributed by atoms with Crippen LogP contribution in [0.5, 0.6) is 5.75 Å². The molecule has 0 radical (unpaired) electrons. The van der Waals surface area contributed by atoms with E-state index in [1.54, 1.807) is 6.92 Å². The number of hydrogen-bond donors (Lipinski definition) is 1. The Bertz CT molecular complexity index is 1260. The molecule has 0 saturated carbocycles. The van der Waals surface area contributed by atoms with Gasteiger partial charge in [-0.3, -0.25) is 0 Å². The second kappa shape index (κ2) is 17.1. The molecule has 8 heteroatoms. The summed E-state index contributed by atoms with van der Waals surface area (Å²) in [6.45, 7) is 12.3. The summed E-state index contributed by atoms with van der Waals surface area (Å²) < 4.78 is 39.3. The van der Waals surface area contributed by atoms with Crippen LogP contribution in [0.15, 0.2) is 42.5 Å². The van der Waals surface area contributed by atoms with Crippen molar-refractivity contribution in [3.05, 3.63) is 64.2 Å². The summed E-state index contributed by atoms with van der Waals surface area (Å²) in [6.07, 6.45) is 3.09. The number of aliphatic hydroxyl groups excluding tert-OH is 1. The molecule has 0 aliphatic carbocycles. The zero-order valence-electron chi connectivity index (χ0n) is 27.6. The molecule has 2 heterocycles. The number of hydrogen-bond acceptors (Lipinski definition) is 7. The number of benzene rings is 2. The number of fused-ring (bicyclic) bond motifs is 2. The third-order valence-corrected chi connectivity index (χ3v) is 8.90. The third kappa shape index (κ3) is 8.05. The number of rotatable bonds is 18. The van der Waals surface area contributed by atoms with Crippen LogP contribution in [0.25, 0.3) is 0 Å². The monoisotopic (exact) mass is 642 g/mol. The molecule has 2 fully saturated rings. The molecule has 45 heavy (non-hydrogen) atoms. The van der Waals surface area contributed by atoms with Gasteiger partial charge in [0.05, 0.1) is 13.2 Å². The molecule has 248 valence electrons. The van der Waals surface area contributed by atoms with Gasteiger partial charge in [-0.2, -0.15) is 0 Å². The first-order valence-electron chi connectivity index (χ1n) is 16.7. The van der Waals surface area contributed by atoms with Gasteiger partial charge < -0.3 is 33.5 Å². The standard InChI is InChI=1S/C37H51ClO7/c1-6-11-21-41-33-34(42-22-12-7-2)36(32(39)14-9-4)26-44-37(45-36,35(33)43-23-13-8-3)29-17-20-31(38)28(25-29)24-27-15-18-30(19-16-27)40-10-5/h15-20,25,32-35,39H,6-8,10-13,21-24,26H2,1-5H3/t32?,33-,34-,35+,36+,37-/m0/s1. The molecule has 0 aromatic heterocycles. The maximum Gasteiger partial charge on any atom is 0.225 e. The first kappa shape index (κ1) is 35.7. The molecule has 2 bridgehead atoms. The van der Waals surface area contributed by atoms with Gasteiger partial charge in [-0.05, 0) is 74.9 Å². The van der Waals surface area contributed by atoms with E-state index in [0.29, 0.717) is 37.9 Å². The predicted octanol–water partition coefficient (Wildman–Crippen LogP) is 7.22. The molecule has 2 aromatic carbocycles. The summed E-state index contributed by atoms with van der Waals surface area (Å²) in [7, 11) is 0. The van der Waals surface area contributed by atoms with E-state index in [1.807, 2.05) is 49.4 Å². The molecular formula is C37H51ClO7. The largest absolute Gasteiger partial charge is 0.494 e. The Hall–Kier alpha value is -2.15. The van der Waals surface area contributed by atoms with E-state index in [9.17, 15) is 5.11 Å².